The maximum Gasteiger partial charge on any atom is 0.258 e. The van der Waals surface area contributed by atoms with Crippen LogP contribution >= 0.6 is 11.6 Å². The summed E-state index contributed by atoms with van der Waals surface area (Å²) in [5.74, 6) is 1.10. The largest absolute Gasteiger partial charge is 0.347 e. The number of amides is 2. The zero-order valence-electron chi connectivity index (χ0n) is 17.9. The summed E-state index contributed by atoms with van der Waals surface area (Å²) in [5, 5.41) is 7.51. The second-order valence-corrected chi connectivity index (χ2v) is 8.44. The lowest BCUT2D eigenvalue weighted by atomic mass is 9.96. The van der Waals surface area contributed by atoms with Crippen LogP contribution in [0.3, 0.4) is 0 Å². The summed E-state index contributed by atoms with van der Waals surface area (Å²) in [6, 6.07) is 15.0. The maximum atomic E-state index is 12.5. The van der Waals surface area contributed by atoms with E-state index in [1.54, 1.807) is 29.2 Å². The molecule has 166 valence electrons. The standard InChI is InChI=1S/C24H25ClN4O3/c1-16-4-2-3-5-20(16)24-27-23(28-32-24)18-10-12-29(13-11-18)22(31)15-26-21(30)14-17-6-8-19(25)9-7-17/h2-9,18H,10-15H2,1H3,(H,26,30). The summed E-state index contributed by atoms with van der Waals surface area (Å²) in [6.45, 7) is 3.21. The minimum absolute atomic E-state index is 0.00324. The van der Waals surface area contributed by atoms with Crippen LogP contribution < -0.4 is 5.32 Å². The average Bonchev–Trinajstić information content (AvgIpc) is 3.29. The molecule has 1 aliphatic rings. The minimum atomic E-state index is -0.189. The minimum Gasteiger partial charge on any atom is -0.347 e. The molecule has 4 rings (SSSR count). The van der Waals surface area contributed by atoms with Crippen molar-refractivity contribution in [2.45, 2.75) is 32.1 Å². The maximum absolute atomic E-state index is 12.5. The molecule has 1 aromatic heterocycles. The van der Waals surface area contributed by atoms with Crippen LogP contribution in [0.2, 0.25) is 5.02 Å². The Morgan fingerprint density at radius 1 is 1.12 bits per heavy atom. The third-order valence-corrected chi connectivity index (χ3v) is 6.00. The quantitative estimate of drug-likeness (QED) is 0.615. The van der Waals surface area contributed by atoms with Crippen molar-refractivity contribution in [1.29, 1.82) is 0 Å². The van der Waals surface area contributed by atoms with Gasteiger partial charge in [-0.25, -0.2) is 0 Å². The van der Waals surface area contributed by atoms with Crippen molar-refractivity contribution >= 4 is 23.4 Å². The van der Waals surface area contributed by atoms with Crippen LogP contribution in [0.15, 0.2) is 53.1 Å². The highest BCUT2D eigenvalue weighted by atomic mass is 35.5. The number of carbonyl (C=O) groups excluding carboxylic acids is 2. The summed E-state index contributed by atoms with van der Waals surface area (Å²) in [7, 11) is 0. The Kier molecular flexibility index (Phi) is 6.85. The highest BCUT2D eigenvalue weighted by Crippen LogP contribution is 2.29. The van der Waals surface area contributed by atoms with Gasteiger partial charge in [-0.1, -0.05) is 47.1 Å². The fraction of sp³-hybridized carbons (Fsp3) is 0.333. The fourth-order valence-corrected chi connectivity index (χ4v) is 3.97. The van der Waals surface area contributed by atoms with Gasteiger partial charge in [0.1, 0.15) is 0 Å². The van der Waals surface area contributed by atoms with Gasteiger partial charge in [0.2, 0.25) is 11.8 Å². The molecule has 0 unspecified atom stereocenters. The molecule has 8 heteroatoms. The first-order chi connectivity index (χ1) is 15.5. The van der Waals surface area contributed by atoms with Crippen molar-refractivity contribution in [3.8, 4) is 11.5 Å². The summed E-state index contributed by atoms with van der Waals surface area (Å²) in [4.78, 5) is 31.0. The highest BCUT2D eigenvalue weighted by Gasteiger charge is 2.27. The van der Waals surface area contributed by atoms with Crippen molar-refractivity contribution in [2.24, 2.45) is 0 Å². The molecule has 0 aliphatic carbocycles. The number of benzene rings is 2. The number of carbonyl (C=O) groups is 2. The molecule has 1 N–H and O–H groups in total. The van der Waals surface area contributed by atoms with Gasteiger partial charge in [0.05, 0.1) is 13.0 Å². The monoisotopic (exact) mass is 452 g/mol. The summed E-state index contributed by atoms with van der Waals surface area (Å²) in [6.07, 6.45) is 1.74. The Morgan fingerprint density at radius 2 is 1.84 bits per heavy atom. The summed E-state index contributed by atoms with van der Waals surface area (Å²) in [5.41, 5.74) is 2.87. The Balaban J connectivity index is 1.25. The van der Waals surface area contributed by atoms with Crippen molar-refractivity contribution in [3.05, 3.63) is 70.5 Å². The Hall–Kier alpha value is -3.19. The molecule has 0 atom stereocenters. The van der Waals surface area contributed by atoms with E-state index in [-0.39, 0.29) is 30.7 Å². The summed E-state index contributed by atoms with van der Waals surface area (Å²) < 4.78 is 5.48. The number of aryl methyl sites for hydroxylation is 1. The smallest absolute Gasteiger partial charge is 0.258 e. The first kappa shape index (κ1) is 22.0. The fourth-order valence-electron chi connectivity index (χ4n) is 3.85. The first-order valence-electron chi connectivity index (χ1n) is 10.7. The lowest BCUT2D eigenvalue weighted by Crippen LogP contribution is -2.44. The average molecular weight is 453 g/mol. The predicted octanol–water partition coefficient (Wildman–Crippen LogP) is 3.76. The molecule has 1 saturated heterocycles. The molecular weight excluding hydrogens is 428 g/mol. The molecule has 0 radical (unpaired) electrons. The first-order valence-corrected chi connectivity index (χ1v) is 11.1. The van der Waals surface area contributed by atoms with Gasteiger partial charge in [0.15, 0.2) is 5.82 Å². The predicted molar refractivity (Wildman–Crippen MR) is 121 cm³/mol. The van der Waals surface area contributed by atoms with Crippen LogP contribution in [-0.4, -0.2) is 46.5 Å². The molecule has 2 heterocycles. The number of rotatable bonds is 6. The third kappa shape index (κ3) is 5.34. The number of halogens is 1. The molecule has 0 spiro atoms. The van der Waals surface area contributed by atoms with E-state index in [1.807, 2.05) is 31.2 Å². The molecular formula is C24H25ClN4O3. The van der Waals surface area contributed by atoms with Gasteiger partial charge in [-0.3, -0.25) is 9.59 Å². The van der Waals surface area contributed by atoms with Crippen molar-refractivity contribution in [3.63, 3.8) is 0 Å². The highest BCUT2D eigenvalue weighted by molar-refractivity contribution is 6.30. The second kappa shape index (κ2) is 9.96. The van der Waals surface area contributed by atoms with Crippen LogP contribution in [0.1, 0.15) is 35.7 Å². The molecule has 7 nitrogen and oxygen atoms in total. The lowest BCUT2D eigenvalue weighted by Gasteiger charge is -2.30. The van der Waals surface area contributed by atoms with E-state index in [9.17, 15) is 9.59 Å². The Morgan fingerprint density at radius 3 is 2.56 bits per heavy atom. The zero-order valence-corrected chi connectivity index (χ0v) is 18.6. The van der Waals surface area contributed by atoms with Crippen molar-refractivity contribution < 1.29 is 14.1 Å². The molecule has 32 heavy (non-hydrogen) atoms. The van der Waals surface area contributed by atoms with Gasteiger partial charge in [-0.05, 0) is 49.1 Å². The van der Waals surface area contributed by atoms with Crippen LogP contribution in [0.5, 0.6) is 0 Å². The molecule has 1 fully saturated rings. The van der Waals surface area contributed by atoms with E-state index in [2.05, 4.69) is 15.5 Å². The van der Waals surface area contributed by atoms with Gasteiger partial charge in [0.25, 0.3) is 5.89 Å². The number of aromatic nitrogens is 2. The molecule has 0 bridgehead atoms. The van der Waals surface area contributed by atoms with E-state index in [4.69, 9.17) is 16.1 Å². The van der Waals surface area contributed by atoms with Gasteiger partial charge in [0, 0.05) is 29.6 Å². The number of likely N-dealkylation sites (tertiary alicyclic amines) is 1. The van der Waals surface area contributed by atoms with E-state index in [0.717, 1.165) is 29.5 Å². The van der Waals surface area contributed by atoms with Crippen LogP contribution in [-0.2, 0) is 16.0 Å². The van der Waals surface area contributed by atoms with Gasteiger partial charge in [-0.2, -0.15) is 4.98 Å². The van der Waals surface area contributed by atoms with Gasteiger partial charge in [-0.15, -0.1) is 0 Å². The Bertz CT molecular complexity index is 1090. The molecule has 3 aromatic rings. The number of piperidine rings is 1. The van der Waals surface area contributed by atoms with Crippen molar-refractivity contribution in [2.75, 3.05) is 19.6 Å². The molecule has 1 aliphatic heterocycles. The number of hydrogen-bond acceptors (Lipinski definition) is 5. The third-order valence-electron chi connectivity index (χ3n) is 5.74. The van der Waals surface area contributed by atoms with Gasteiger partial charge >= 0.3 is 0 Å². The zero-order chi connectivity index (χ0) is 22.5. The van der Waals surface area contributed by atoms with Gasteiger partial charge < -0.3 is 14.7 Å². The topological polar surface area (TPSA) is 88.3 Å². The van der Waals surface area contributed by atoms with Crippen LogP contribution in [0.25, 0.3) is 11.5 Å². The lowest BCUT2D eigenvalue weighted by molar-refractivity contribution is -0.133. The normalized spacial score (nSPS) is 14.4. The van der Waals surface area contributed by atoms with E-state index in [0.29, 0.717) is 29.8 Å². The van der Waals surface area contributed by atoms with Crippen LogP contribution in [0, 0.1) is 6.92 Å². The summed E-state index contributed by atoms with van der Waals surface area (Å²) >= 11 is 5.86. The number of nitrogens with one attached hydrogen (secondary N) is 1. The van der Waals surface area contributed by atoms with E-state index < -0.39 is 0 Å². The van der Waals surface area contributed by atoms with E-state index in [1.165, 1.54) is 0 Å². The molecule has 2 aromatic carbocycles. The SMILES string of the molecule is Cc1ccccc1-c1nc(C2CCN(C(=O)CNC(=O)Cc3ccc(Cl)cc3)CC2)no1. The number of nitrogens with zero attached hydrogens (tertiary/aromatic N) is 3. The number of hydrogen-bond donors (Lipinski definition) is 1. The van der Waals surface area contributed by atoms with Crippen LogP contribution in [0.4, 0.5) is 0 Å². The van der Waals surface area contributed by atoms with Crippen molar-refractivity contribution in [1.82, 2.24) is 20.4 Å². The molecule has 0 saturated carbocycles. The van der Waals surface area contributed by atoms with E-state index >= 15 is 0 Å². The Labute approximate surface area is 191 Å². The second-order valence-electron chi connectivity index (χ2n) is 8.01. The molecule has 2 amide bonds.